The van der Waals surface area contributed by atoms with E-state index >= 15 is 0 Å². The van der Waals surface area contributed by atoms with Gasteiger partial charge in [0.2, 0.25) is 0 Å². The molecular formula is C12H19N5. The molecule has 17 heavy (non-hydrogen) atoms. The summed E-state index contributed by atoms with van der Waals surface area (Å²) in [5, 5.41) is 0. The van der Waals surface area contributed by atoms with E-state index in [2.05, 4.69) is 32.9 Å². The maximum atomic E-state index is 6.16. The minimum Gasteiger partial charge on any atom is -0.383 e. The van der Waals surface area contributed by atoms with Crippen molar-refractivity contribution in [2.24, 2.45) is 0 Å². The van der Waals surface area contributed by atoms with Gasteiger partial charge in [-0.15, -0.1) is 0 Å². The topological polar surface area (TPSA) is 61.7 Å². The summed E-state index contributed by atoms with van der Waals surface area (Å²) in [5.41, 5.74) is 8.00. The number of nitrogen functional groups attached to an aromatic ring is 1. The first-order chi connectivity index (χ1) is 8.19. The summed E-state index contributed by atoms with van der Waals surface area (Å²) in [7, 11) is 0. The van der Waals surface area contributed by atoms with E-state index in [1.807, 2.05) is 19.4 Å². The summed E-state index contributed by atoms with van der Waals surface area (Å²) < 4.78 is 4.11. The van der Waals surface area contributed by atoms with Crippen LogP contribution >= 0.6 is 0 Å². The molecule has 2 aromatic heterocycles. The van der Waals surface area contributed by atoms with Crippen molar-refractivity contribution in [1.82, 2.24) is 19.1 Å². The van der Waals surface area contributed by atoms with Gasteiger partial charge in [-0.2, -0.15) is 0 Å². The van der Waals surface area contributed by atoms with Crippen molar-refractivity contribution in [3.8, 4) is 11.4 Å². The summed E-state index contributed by atoms with van der Waals surface area (Å²) in [6, 6.07) is 0. The molecule has 0 spiro atoms. The fourth-order valence-electron chi connectivity index (χ4n) is 2.05. The number of rotatable bonds is 4. The molecule has 2 rings (SSSR count). The fraction of sp³-hybridized carbons (Fsp3) is 0.500. The van der Waals surface area contributed by atoms with Crippen molar-refractivity contribution < 1.29 is 0 Å². The first-order valence-corrected chi connectivity index (χ1v) is 6.02. The van der Waals surface area contributed by atoms with E-state index in [0.29, 0.717) is 0 Å². The highest BCUT2D eigenvalue weighted by atomic mass is 15.2. The van der Waals surface area contributed by atoms with Crippen molar-refractivity contribution >= 4 is 5.82 Å². The van der Waals surface area contributed by atoms with Crippen LogP contribution in [0.1, 0.15) is 26.1 Å². The predicted octanol–water partition coefficient (Wildman–Crippen LogP) is 2.07. The molecule has 0 amide bonds. The van der Waals surface area contributed by atoms with Crippen molar-refractivity contribution in [2.75, 3.05) is 5.73 Å². The zero-order chi connectivity index (χ0) is 12.4. The van der Waals surface area contributed by atoms with Crippen LogP contribution < -0.4 is 5.73 Å². The van der Waals surface area contributed by atoms with Crippen LogP contribution in [-0.4, -0.2) is 19.1 Å². The third kappa shape index (κ3) is 1.92. The highest BCUT2D eigenvalue weighted by Gasteiger charge is 2.15. The van der Waals surface area contributed by atoms with E-state index in [1.54, 1.807) is 0 Å². The SMILES string of the molecule is CCCn1c(C)nc(-c2cncn2CC)c1N. The molecule has 0 aliphatic carbocycles. The van der Waals surface area contributed by atoms with Crippen molar-refractivity contribution in [1.29, 1.82) is 0 Å². The van der Waals surface area contributed by atoms with Gasteiger partial charge in [0.15, 0.2) is 0 Å². The second-order valence-electron chi connectivity index (χ2n) is 4.11. The van der Waals surface area contributed by atoms with Crippen LogP contribution in [0.5, 0.6) is 0 Å². The first-order valence-electron chi connectivity index (χ1n) is 6.02. The predicted molar refractivity (Wildman–Crippen MR) is 68.6 cm³/mol. The van der Waals surface area contributed by atoms with Gasteiger partial charge in [-0.3, -0.25) is 0 Å². The van der Waals surface area contributed by atoms with Crippen LogP contribution in [0.2, 0.25) is 0 Å². The lowest BCUT2D eigenvalue weighted by Crippen LogP contribution is -2.04. The van der Waals surface area contributed by atoms with Crippen LogP contribution in [0.4, 0.5) is 5.82 Å². The molecular weight excluding hydrogens is 214 g/mol. The Kier molecular flexibility index (Phi) is 3.17. The number of nitrogens with two attached hydrogens (primary N) is 1. The molecule has 5 nitrogen and oxygen atoms in total. The maximum Gasteiger partial charge on any atom is 0.133 e. The Morgan fingerprint density at radius 3 is 2.76 bits per heavy atom. The van der Waals surface area contributed by atoms with Gasteiger partial charge in [0.25, 0.3) is 0 Å². The Morgan fingerprint density at radius 1 is 1.35 bits per heavy atom. The van der Waals surface area contributed by atoms with E-state index in [1.165, 1.54) is 0 Å². The molecule has 0 aliphatic heterocycles. The summed E-state index contributed by atoms with van der Waals surface area (Å²) in [4.78, 5) is 8.71. The van der Waals surface area contributed by atoms with Gasteiger partial charge >= 0.3 is 0 Å². The number of nitrogens with zero attached hydrogens (tertiary/aromatic N) is 4. The highest BCUT2D eigenvalue weighted by Crippen LogP contribution is 2.26. The summed E-state index contributed by atoms with van der Waals surface area (Å²) in [5.74, 6) is 1.70. The Labute approximate surface area is 101 Å². The molecule has 2 N–H and O–H groups in total. The number of imidazole rings is 2. The van der Waals surface area contributed by atoms with Crippen LogP contribution in [0.15, 0.2) is 12.5 Å². The summed E-state index contributed by atoms with van der Waals surface area (Å²) in [6.07, 6.45) is 4.68. The number of aryl methyl sites for hydroxylation is 2. The average Bonchev–Trinajstić information content (AvgIpc) is 2.88. The molecule has 0 saturated heterocycles. The minimum atomic E-state index is 0.736. The molecule has 0 bridgehead atoms. The fourth-order valence-corrected chi connectivity index (χ4v) is 2.05. The van der Waals surface area contributed by atoms with Crippen molar-refractivity contribution in [3.05, 3.63) is 18.3 Å². The van der Waals surface area contributed by atoms with Crippen LogP contribution in [0.25, 0.3) is 11.4 Å². The van der Waals surface area contributed by atoms with Gasteiger partial charge in [-0.05, 0) is 20.3 Å². The van der Waals surface area contributed by atoms with E-state index in [4.69, 9.17) is 5.73 Å². The van der Waals surface area contributed by atoms with E-state index in [-0.39, 0.29) is 0 Å². The van der Waals surface area contributed by atoms with Gasteiger partial charge in [-0.25, -0.2) is 9.97 Å². The third-order valence-corrected chi connectivity index (χ3v) is 2.94. The van der Waals surface area contributed by atoms with Gasteiger partial charge in [-0.1, -0.05) is 6.92 Å². The monoisotopic (exact) mass is 233 g/mol. The largest absolute Gasteiger partial charge is 0.383 e. The lowest BCUT2D eigenvalue weighted by atomic mass is 10.3. The average molecular weight is 233 g/mol. The molecule has 0 saturated carbocycles. The number of hydrogen-bond donors (Lipinski definition) is 1. The Hall–Kier alpha value is -1.78. The van der Waals surface area contributed by atoms with Crippen LogP contribution in [-0.2, 0) is 13.1 Å². The van der Waals surface area contributed by atoms with E-state index < -0.39 is 0 Å². The summed E-state index contributed by atoms with van der Waals surface area (Å²) in [6.45, 7) is 7.98. The number of hydrogen-bond acceptors (Lipinski definition) is 3. The molecule has 0 aromatic carbocycles. The highest BCUT2D eigenvalue weighted by molar-refractivity contribution is 5.67. The second-order valence-corrected chi connectivity index (χ2v) is 4.11. The molecule has 0 atom stereocenters. The Bertz CT molecular complexity index is 509. The third-order valence-electron chi connectivity index (χ3n) is 2.94. The lowest BCUT2D eigenvalue weighted by Gasteiger charge is -2.06. The quantitative estimate of drug-likeness (QED) is 0.879. The number of anilines is 1. The molecule has 2 aromatic rings. The molecule has 0 fully saturated rings. The van der Waals surface area contributed by atoms with Gasteiger partial charge in [0.05, 0.1) is 18.2 Å². The van der Waals surface area contributed by atoms with Crippen molar-refractivity contribution in [3.63, 3.8) is 0 Å². The summed E-state index contributed by atoms with van der Waals surface area (Å²) >= 11 is 0. The van der Waals surface area contributed by atoms with E-state index in [0.717, 1.165) is 42.5 Å². The second kappa shape index (κ2) is 4.61. The first kappa shape index (κ1) is 11.7. The molecule has 5 heteroatoms. The number of aromatic nitrogens is 4. The molecule has 0 unspecified atom stereocenters. The maximum absolute atomic E-state index is 6.16. The molecule has 2 heterocycles. The molecule has 0 radical (unpaired) electrons. The zero-order valence-corrected chi connectivity index (χ0v) is 10.6. The van der Waals surface area contributed by atoms with Crippen molar-refractivity contribution in [2.45, 2.75) is 40.3 Å². The van der Waals surface area contributed by atoms with Crippen LogP contribution in [0, 0.1) is 6.92 Å². The van der Waals surface area contributed by atoms with Gasteiger partial charge in [0, 0.05) is 13.1 Å². The smallest absolute Gasteiger partial charge is 0.133 e. The van der Waals surface area contributed by atoms with Gasteiger partial charge in [0.1, 0.15) is 17.3 Å². The van der Waals surface area contributed by atoms with Crippen LogP contribution in [0.3, 0.4) is 0 Å². The van der Waals surface area contributed by atoms with Gasteiger partial charge < -0.3 is 14.9 Å². The Morgan fingerprint density at radius 2 is 2.12 bits per heavy atom. The lowest BCUT2D eigenvalue weighted by molar-refractivity contribution is 0.665. The normalized spacial score (nSPS) is 11.0. The van der Waals surface area contributed by atoms with E-state index in [9.17, 15) is 0 Å². The molecule has 92 valence electrons. The minimum absolute atomic E-state index is 0.736. The standard InChI is InChI=1S/C12H19N5/c1-4-6-17-9(3)15-11(12(17)13)10-7-14-8-16(10)5-2/h7-8H,4-6,13H2,1-3H3. The zero-order valence-electron chi connectivity index (χ0n) is 10.6. The Balaban J connectivity index is 2.50. The molecule has 0 aliphatic rings.